The SMILES string of the molecule is NC(=O)OCC(CCO)(CCO)CCO. The monoisotopic (exact) mass is 221 g/mol. The average Bonchev–Trinajstić information content (AvgIpc) is 2.16. The molecule has 90 valence electrons. The summed E-state index contributed by atoms with van der Waals surface area (Å²) in [5.74, 6) is 0. The molecule has 5 N–H and O–H groups in total. The normalized spacial score (nSPS) is 11.4. The van der Waals surface area contributed by atoms with Crippen LogP contribution in [0.25, 0.3) is 0 Å². The minimum Gasteiger partial charge on any atom is -0.449 e. The van der Waals surface area contributed by atoms with Crippen LogP contribution in [0.5, 0.6) is 0 Å². The summed E-state index contributed by atoms with van der Waals surface area (Å²) >= 11 is 0. The number of nitrogens with two attached hydrogens (primary N) is 1. The van der Waals surface area contributed by atoms with Gasteiger partial charge >= 0.3 is 6.09 Å². The average molecular weight is 221 g/mol. The lowest BCUT2D eigenvalue weighted by molar-refractivity contribution is 0.0297. The van der Waals surface area contributed by atoms with Crippen LogP contribution in [0.15, 0.2) is 0 Å². The largest absolute Gasteiger partial charge is 0.449 e. The molecule has 0 aliphatic carbocycles. The second kappa shape index (κ2) is 7.44. The van der Waals surface area contributed by atoms with Crippen molar-refractivity contribution in [1.29, 1.82) is 0 Å². The van der Waals surface area contributed by atoms with E-state index in [4.69, 9.17) is 21.1 Å². The maximum Gasteiger partial charge on any atom is 0.404 e. The Morgan fingerprint density at radius 1 is 1.07 bits per heavy atom. The summed E-state index contributed by atoms with van der Waals surface area (Å²) < 4.78 is 4.67. The molecule has 0 aliphatic heterocycles. The number of amides is 1. The van der Waals surface area contributed by atoms with Crippen LogP contribution in [0.4, 0.5) is 4.79 Å². The van der Waals surface area contributed by atoms with E-state index in [0.29, 0.717) is 19.3 Å². The molecule has 0 bridgehead atoms. The van der Waals surface area contributed by atoms with Crippen molar-refractivity contribution in [3.8, 4) is 0 Å². The van der Waals surface area contributed by atoms with E-state index >= 15 is 0 Å². The van der Waals surface area contributed by atoms with Gasteiger partial charge in [-0.1, -0.05) is 0 Å². The highest BCUT2D eigenvalue weighted by molar-refractivity contribution is 5.64. The predicted molar refractivity (Wildman–Crippen MR) is 53.1 cm³/mol. The molecule has 0 aromatic rings. The summed E-state index contributed by atoms with van der Waals surface area (Å²) in [5, 5.41) is 26.7. The van der Waals surface area contributed by atoms with Crippen LogP contribution in [-0.2, 0) is 4.74 Å². The summed E-state index contributed by atoms with van der Waals surface area (Å²) in [4.78, 5) is 10.5. The van der Waals surface area contributed by atoms with Crippen LogP contribution < -0.4 is 5.73 Å². The fraction of sp³-hybridized carbons (Fsp3) is 0.889. The first kappa shape index (κ1) is 14.2. The number of primary amides is 1. The van der Waals surface area contributed by atoms with Crippen molar-refractivity contribution in [1.82, 2.24) is 0 Å². The molecule has 0 radical (unpaired) electrons. The van der Waals surface area contributed by atoms with Gasteiger partial charge in [0, 0.05) is 25.2 Å². The van der Waals surface area contributed by atoms with Crippen LogP contribution in [0.1, 0.15) is 19.3 Å². The number of rotatable bonds is 8. The lowest BCUT2D eigenvalue weighted by Crippen LogP contribution is -2.33. The van der Waals surface area contributed by atoms with E-state index in [-0.39, 0.29) is 26.4 Å². The van der Waals surface area contributed by atoms with Gasteiger partial charge in [-0.05, 0) is 19.3 Å². The molecule has 0 fully saturated rings. The van der Waals surface area contributed by atoms with Gasteiger partial charge in [0.1, 0.15) is 0 Å². The topological polar surface area (TPSA) is 113 Å². The van der Waals surface area contributed by atoms with Gasteiger partial charge in [0.15, 0.2) is 0 Å². The van der Waals surface area contributed by atoms with Gasteiger partial charge in [-0.2, -0.15) is 0 Å². The van der Waals surface area contributed by atoms with Gasteiger partial charge in [0.05, 0.1) is 6.61 Å². The smallest absolute Gasteiger partial charge is 0.404 e. The fourth-order valence-electron chi connectivity index (χ4n) is 1.53. The summed E-state index contributed by atoms with van der Waals surface area (Å²) in [7, 11) is 0. The summed E-state index contributed by atoms with van der Waals surface area (Å²) in [6.45, 7) is -0.281. The van der Waals surface area contributed by atoms with E-state index in [2.05, 4.69) is 4.74 Å². The van der Waals surface area contributed by atoms with Gasteiger partial charge in [-0.25, -0.2) is 4.79 Å². The van der Waals surface area contributed by atoms with Crippen molar-refractivity contribution in [2.75, 3.05) is 26.4 Å². The first-order valence-electron chi connectivity index (χ1n) is 4.85. The van der Waals surface area contributed by atoms with Crippen LogP contribution in [0.3, 0.4) is 0 Å². The van der Waals surface area contributed by atoms with E-state index in [1.54, 1.807) is 0 Å². The van der Waals surface area contributed by atoms with Gasteiger partial charge in [0.25, 0.3) is 0 Å². The minimum atomic E-state index is -0.895. The molecule has 0 aliphatic rings. The zero-order valence-electron chi connectivity index (χ0n) is 8.69. The zero-order chi connectivity index (χ0) is 11.7. The Balaban J connectivity index is 4.37. The van der Waals surface area contributed by atoms with Crippen molar-refractivity contribution < 1.29 is 24.9 Å². The predicted octanol–water partition coefficient (Wildman–Crippen LogP) is -0.785. The number of ether oxygens (including phenoxy) is 1. The van der Waals surface area contributed by atoms with Crippen LogP contribution >= 0.6 is 0 Å². The highest BCUT2D eigenvalue weighted by Gasteiger charge is 2.30. The number of carbonyl (C=O) groups is 1. The maximum atomic E-state index is 10.5. The van der Waals surface area contributed by atoms with E-state index in [9.17, 15) is 4.79 Å². The molecule has 0 heterocycles. The second-order valence-corrected chi connectivity index (χ2v) is 3.53. The van der Waals surface area contributed by atoms with E-state index < -0.39 is 11.5 Å². The van der Waals surface area contributed by atoms with Crippen LogP contribution in [0.2, 0.25) is 0 Å². The zero-order valence-corrected chi connectivity index (χ0v) is 8.69. The molecule has 0 unspecified atom stereocenters. The Bertz CT molecular complexity index is 168. The number of hydrogen-bond acceptors (Lipinski definition) is 5. The van der Waals surface area contributed by atoms with E-state index in [1.165, 1.54) is 0 Å². The van der Waals surface area contributed by atoms with E-state index in [1.807, 2.05) is 0 Å². The molecule has 0 atom stereocenters. The Kier molecular flexibility index (Phi) is 7.02. The van der Waals surface area contributed by atoms with Gasteiger partial charge < -0.3 is 25.8 Å². The van der Waals surface area contributed by atoms with Crippen molar-refractivity contribution in [2.24, 2.45) is 11.1 Å². The Hall–Kier alpha value is -0.850. The first-order valence-corrected chi connectivity index (χ1v) is 4.85. The molecule has 0 spiro atoms. The molecule has 1 amide bonds. The van der Waals surface area contributed by atoms with Crippen molar-refractivity contribution in [3.05, 3.63) is 0 Å². The number of aliphatic hydroxyl groups excluding tert-OH is 3. The van der Waals surface area contributed by atoms with Gasteiger partial charge in [-0.3, -0.25) is 0 Å². The third kappa shape index (κ3) is 5.56. The summed E-state index contributed by atoms with van der Waals surface area (Å²) in [5.41, 5.74) is 4.25. The van der Waals surface area contributed by atoms with Gasteiger partial charge in [0.2, 0.25) is 0 Å². The third-order valence-corrected chi connectivity index (χ3v) is 2.45. The highest BCUT2D eigenvalue weighted by Crippen LogP contribution is 2.30. The third-order valence-electron chi connectivity index (χ3n) is 2.45. The van der Waals surface area contributed by atoms with Crippen molar-refractivity contribution in [2.45, 2.75) is 19.3 Å². The Labute approximate surface area is 88.7 Å². The molecule has 15 heavy (non-hydrogen) atoms. The molecular weight excluding hydrogens is 202 g/mol. The summed E-state index contributed by atoms with van der Waals surface area (Å²) in [6.07, 6.45) is 0.151. The van der Waals surface area contributed by atoms with Crippen molar-refractivity contribution >= 4 is 6.09 Å². The molecule has 0 aromatic heterocycles. The molecule has 0 saturated carbocycles. The molecular formula is C9H19NO5. The Morgan fingerprint density at radius 3 is 1.73 bits per heavy atom. The molecule has 0 rings (SSSR count). The lowest BCUT2D eigenvalue weighted by atomic mass is 9.79. The fourth-order valence-corrected chi connectivity index (χ4v) is 1.53. The van der Waals surface area contributed by atoms with E-state index in [0.717, 1.165) is 0 Å². The number of carbonyl (C=O) groups excluding carboxylic acids is 1. The second-order valence-electron chi connectivity index (χ2n) is 3.53. The first-order chi connectivity index (χ1) is 7.10. The summed E-state index contributed by atoms with van der Waals surface area (Å²) in [6, 6.07) is 0. The highest BCUT2D eigenvalue weighted by atomic mass is 16.5. The molecule has 6 nitrogen and oxygen atoms in total. The minimum absolute atomic E-state index is 0.00398. The Morgan fingerprint density at radius 2 is 1.47 bits per heavy atom. The lowest BCUT2D eigenvalue weighted by Gasteiger charge is -2.31. The van der Waals surface area contributed by atoms with Gasteiger partial charge in [-0.15, -0.1) is 0 Å². The molecule has 0 aromatic carbocycles. The molecule has 0 saturated heterocycles. The van der Waals surface area contributed by atoms with Crippen LogP contribution in [-0.4, -0.2) is 47.8 Å². The quantitative estimate of drug-likeness (QED) is 0.429. The number of aliphatic hydroxyl groups is 3. The van der Waals surface area contributed by atoms with Crippen molar-refractivity contribution in [3.63, 3.8) is 0 Å². The standard InChI is InChI=1S/C9H19NO5/c10-8(14)15-7-9(1-4-11,2-5-12)3-6-13/h11-13H,1-7H2,(H2,10,14). The van der Waals surface area contributed by atoms with Crippen LogP contribution in [0, 0.1) is 5.41 Å². The number of hydrogen-bond donors (Lipinski definition) is 4. The molecule has 6 heteroatoms. The maximum absolute atomic E-state index is 10.5.